The van der Waals surface area contributed by atoms with Gasteiger partial charge in [0.25, 0.3) is 0 Å². The van der Waals surface area contributed by atoms with E-state index in [2.05, 4.69) is 9.88 Å². The summed E-state index contributed by atoms with van der Waals surface area (Å²) in [5.74, 6) is -0.586. The smallest absolute Gasteiger partial charge is 0.304 e. The van der Waals surface area contributed by atoms with Gasteiger partial charge in [-0.25, -0.2) is 4.39 Å². The molecule has 100 valence electrons. The second-order valence-corrected chi connectivity index (χ2v) is 5.03. The molecule has 1 aliphatic rings. The van der Waals surface area contributed by atoms with E-state index in [1.165, 1.54) is 17.7 Å². The molecule has 0 amide bonds. The van der Waals surface area contributed by atoms with Gasteiger partial charge in [0, 0.05) is 42.7 Å². The molecule has 0 spiro atoms. The number of nitrogens with zero attached hydrogens (tertiary/aromatic N) is 1. The number of aromatic nitrogens is 1. The van der Waals surface area contributed by atoms with Crippen molar-refractivity contribution in [1.82, 2.24) is 9.88 Å². The maximum absolute atomic E-state index is 13.1. The van der Waals surface area contributed by atoms with E-state index in [-0.39, 0.29) is 12.2 Å². The number of hydrogen-bond acceptors (Lipinski definition) is 2. The van der Waals surface area contributed by atoms with Crippen molar-refractivity contribution in [3.8, 4) is 0 Å². The van der Waals surface area contributed by atoms with Crippen molar-refractivity contribution in [3.63, 3.8) is 0 Å². The molecule has 0 atom stereocenters. The SMILES string of the molecule is O=C(O)CCN1CC(c2c[nH]c3cc(F)ccc23)C1. The van der Waals surface area contributed by atoms with Crippen molar-refractivity contribution in [2.75, 3.05) is 19.6 Å². The minimum absolute atomic E-state index is 0.186. The van der Waals surface area contributed by atoms with Crippen molar-refractivity contribution in [2.24, 2.45) is 0 Å². The van der Waals surface area contributed by atoms with E-state index in [0.717, 1.165) is 24.0 Å². The molecule has 0 unspecified atom stereocenters. The largest absolute Gasteiger partial charge is 0.481 e. The molecule has 1 saturated heterocycles. The second kappa shape index (κ2) is 4.66. The monoisotopic (exact) mass is 262 g/mol. The number of nitrogens with one attached hydrogen (secondary N) is 1. The minimum atomic E-state index is -0.758. The molecule has 2 heterocycles. The first-order chi connectivity index (χ1) is 9.13. The van der Waals surface area contributed by atoms with Gasteiger partial charge in [-0.1, -0.05) is 0 Å². The zero-order valence-electron chi connectivity index (χ0n) is 10.4. The number of H-pyrrole nitrogens is 1. The lowest BCUT2D eigenvalue weighted by Crippen LogP contribution is -2.45. The van der Waals surface area contributed by atoms with Crippen LogP contribution in [0.25, 0.3) is 10.9 Å². The maximum atomic E-state index is 13.1. The molecule has 0 aliphatic carbocycles. The van der Waals surface area contributed by atoms with Gasteiger partial charge >= 0.3 is 5.97 Å². The van der Waals surface area contributed by atoms with Crippen LogP contribution in [0, 0.1) is 5.82 Å². The van der Waals surface area contributed by atoms with Crippen LogP contribution in [0.2, 0.25) is 0 Å². The number of aliphatic carboxylic acids is 1. The zero-order valence-corrected chi connectivity index (χ0v) is 10.4. The summed E-state index contributed by atoms with van der Waals surface area (Å²) in [4.78, 5) is 15.7. The fourth-order valence-electron chi connectivity index (χ4n) is 2.66. The summed E-state index contributed by atoms with van der Waals surface area (Å²) in [6.45, 7) is 2.35. The molecule has 2 aromatic rings. The van der Waals surface area contributed by atoms with Crippen LogP contribution in [0.4, 0.5) is 4.39 Å². The molecule has 1 aliphatic heterocycles. The lowest BCUT2D eigenvalue weighted by Gasteiger charge is -2.39. The third-order valence-corrected chi connectivity index (χ3v) is 3.71. The Morgan fingerprint density at radius 2 is 2.26 bits per heavy atom. The zero-order chi connectivity index (χ0) is 13.4. The van der Waals surface area contributed by atoms with Crippen molar-refractivity contribution >= 4 is 16.9 Å². The standard InChI is InChI=1S/C14H15FN2O2/c15-10-1-2-11-12(6-16-13(11)5-10)9-7-17(8-9)4-3-14(18)19/h1-2,5-6,9,16H,3-4,7-8H2,(H,18,19). The summed E-state index contributed by atoms with van der Waals surface area (Å²) >= 11 is 0. The predicted octanol–water partition coefficient (Wildman–Crippen LogP) is 2.18. The lowest BCUT2D eigenvalue weighted by atomic mass is 9.91. The van der Waals surface area contributed by atoms with Crippen molar-refractivity contribution in [2.45, 2.75) is 12.3 Å². The Balaban J connectivity index is 1.68. The normalized spacial score (nSPS) is 16.7. The number of carboxylic acid groups (broad SMARTS) is 1. The molecule has 2 N–H and O–H groups in total. The van der Waals surface area contributed by atoms with Crippen LogP contribution in [-0.2, 0) is 4.79 Å². The molecule has 4 nitrogen and oxygen atoms in total. The fourth-order valence-corrected chi connectivity index (χ4v) is 2.66. The van der Waals surface area contributed by atoms with E-state index in [1.54, 1.807) is 6.07 Å². The van der Waals surface area contributed by atoms with Gasteiger partial charge in [0.15, 0.2) is 0 Å². The molecule has 5 heteroatoms. The number of benzene rings is 1. The molecule has 0 radical (unpaired) electrons. The van der Waals surface area contributed by atoms with Crippen LogP contribution in [-0.4, -0.2) is 40.6 Å². The average molecular weight is 262 g/mol. The molecule has 1 aromatic heterocycles. The highest BCUT2D eigenvalue weighted by Crippen LogP contribution is 2.32. The third kappa shape index (κ3) is 2.33. The Hall–Kier alpha value is -1.88. The van der Waals surface area contributed by atoms with Gasteiger partial charge in [0.05, 0.1) is 6.42 Å². The quantitative estimate of drug-likeness (QED) is 0.888. The molecule has 1 aromatic carbocycles. The van der Waals surface area contributed by atoms with Gasteiger partial charge in [-0.15, -0.1) is 0 Å². The van der Waals surface area contributed by atoms with Gasteiger partial charge in [-0.3, -0.25) is 4.79 Å². The van der Waals surface area contributed by atoms with E-state index in [0.29, 0.717) is 12.5 Å². The Labute approximate surface area is 109 Å². The Morgan fingerprint density at radius 3 is 3.00 bits per heavy atom. The van der Waals surface area contributed by atoms with Crippen LogP contribution >= 0.6 is 0 Å². The Morgan fingerprint density at radius 1 is 1.47 bits per heavy atom. The van der Waals surface area contributed by atoms with Crippen LogP contribution in [0.15, 0.2) is 24.4 Å². The number of likely N-dealkylation sites (tertiary alicyclic amines) is 1. The number of carboxylic acids is 1. The summed E-state index contributed by atoms with van der Waals surface area (Å²) in [5.41, 5.74) is 2.01. The number of hydrogen-bond donors (Lipinski definition) is 2. The van der Waals surface area contributed by atoms with E-state index >= 15 is 0 Å². The topological polar surface area (TPSA) is 56.3 Å². The number of carbonyl (C=O) groups is 1. The number of halogens is 1. The van der Waals surface area contributed by atoms with Crippen molar-refractivity contribution in [1.29, 1.82) is 0 Å². The van der Waals surface area contributed by atoms with Gasteiger partial charge in [-0.05, 0) is 23.8 Å². The first-order valence-corrected chi connectivity index (χ1v) is 6.34. The third-order valence-electron chi connectivity index (χ3n) is 3.71. The Bertz CT molecular complexity index is 617. The van der Waals surface area contributed by atoms with Crippen LogP contribution in [0.5, 0.6) is 0 Å². The highest BCUT2D eigenvalue weighted by atomic mass is 19.1. The number of aromatic amines is 1. The highest BCUT2D eigenvalue weighted by molar-refractivity contribution is 5.84. The molecule has 1 fully saturated rings. The molecular weight excluding hydrogens is 247 g/mol. The van der Waals surface area contributed by atoms with E-state index in [9.17, 15) is 9.18 Å². The first kappa shape index (κ1) is 12.2. The average Bonchev–Trinajstić information content (AvgIpc) is 2.69. The first-order valence-electron chi connectivity index (χ1n) is 6.34. The lowest BCUT2D eigenvalue weighted by molar-refractivity contribution is -0.137. The Kier molecular flexibility index (Phi) is 2.98. The molecule has 0 bridgehead atoms. The van der Waals surface area contributed by atoms with Gasteiger partial charge in [-0.2, -0.15) is 0 Å². The summed E-state index contributed by atoms with van der Waals surface area (Å²) in [7, 11) is 0. The van der Waals surface area contributed by atoms with Crippen LogP contribution in [0.1, 0.15) is 17.9 Å². The van der Waals surface area contributed by atoms with Gasteiger partial charge in [0.1, 0.15) is 5.82 Å². The predicted molar refractivity (Wildman–Crippen MR) is 69.7 cm³/mol. The minimum Gasteiger partial charge on any atom is -0.481 e. The summed E-state index contributed by atoms with van der Waals surface area (Å²) in [5, 5.41) is 9.69. The number of fused-ring (bicyclic) bond motifs is 1. The molecule has 0 saturated carbocycles. The van der Waals surface area contributed by atoms with E-state index in [4.69, 9.17) is 5.11 Å². The van der Waals surface area contributed by atoms with Crippen LogP contribution < -0.4 is 0 Å². The fraction of sp³-hybridized carbons (Fsp3) is 0.357. The van der Waals surface area contributed by atoms with Crippen molar-refractivity contribution in [3.05, 3.63) is 35.8 Å². The van der Waals surface area contributed by atoms with E-state index < -0.39 is 5.97 Å². The second-order valence-electron chi connectivity index (χ2n) is 5.03. The molecule has 3 rings (SSSR count). The molecular formula is C14H15FN2O2. The van der Waals surface area contributed by atoms with Gasteiger partial charge in [0.2, 0.25) is 0 Å². The number of rotatable bonds is 4. The van der Waals surface area contributed by atoms with Gasteiger partial charge < -0.3 is 15.0 Å². The maximum Gasteiger partial charge on any atom is 0.304 e. The summed E-state index contributed by atoms with van der Waals surface area (Å²) in [6.07, 6.45) is 2.12. The van der Waals surface area contributed by atoms with Crippen molar-refractivity contribution < 1.29 is 14.3 Å². The molecule has 19 heavy (non-hydrogen) atoms. The summed E-state index contributed by atoms with van der Waals surface area (Å²) in [6, 6.07) is 4.77. The van der Waals surface area contributed by atoms with Crippen LogP contribution in [0.3, 0.4) is 0 Å². The highest BCUT2D eigenvalue weighted by Gasteiger charge is 2.29. The summed E-state index contributed by atoms with van der Waals surface area (Å²) < 4.78 is 13.1. The van der Waals surface area contributed by atoms with E-state index in [1.807, 2.05) is 6.20 Å².